The number of amides is 2. The predicted molar refractivity (Wildman–Crippen MR) is 94.9 cm³/mol. The van der Waals surface area contributed by atoms with Crippen molar-refractivity contribution in [3.63, 3.8) is 0 Å². The van der Waals surface area contributed by atoms with E-state index in [4.69, 9.17) is 11.6 Å². The van der Waals surface area contributed by atoms with Crippen LogP contribution in [-0.4, -0.2) is 11.0 Å². The Labute approximate surface area is 143 Å². The molecule has 0 saturated carbocycles. The average Bonchev–Trinajstić information content (AvgIpc) is 3.07. The van der Waals surface area contributed by atoms with Gasteiger partial charge in [0.25, 0.3) is 0 Å². The lowest BCUT2D eigenvalue weighted by atomic mass is 10.1. The van der Waals surface area contributed by atoms with Crippen LogP contribution in [0.1, 0.15) is 5.56 Å². The number of carbonyl (C=O) groups is 1. The van der Waals surface area contributed by atoms with Crippen LogP contribution in [0, 0.1) is 0 Å². The van der Waals surface area contributed by atoms with Crippen molar-refractivity contribution in [3.8, 4) is 10.6 Å². The van der Waals surface area contributed by atoms with E-state index in [2.05, 4.69) is 15.6 Å². The molecule has 0 spiro atoms. The maximum Gasteiger partial charge on any atom is 0.319 e. The van der Waals surface area contributed by atoms with Crippen molar-refractivity contribution in [2.24, 2.45) is 0 Å². The number of benzene rings is 2. The zero-order valence-electron chi connectivity index (χ0n) is 12.1. The standard InChI is InChI=1S/C17H14ClN3OS/c18-13-5-3-6-14(10-13)21-17(22)20-11-12-4-1-2-7-15(12)16-19-8-9-23-16/h1-10H,11H2,(H2,20,21,22). The Hall–Kier alpha value is -2.37. The summed E-state index contributed by atoms with van der Waals surface area (Å²) in [6, 6.07) is 14.7. The van der Waals surface area contributed by atoms with Crippen molar-refractivity contribution in [2.75, 3.05) is 5.32 Å². The minimum absolute atomic E-state index is 0.277. The molecule has 0 saturated heterocycles. The van der Waals surface area contributed by atoms with Crippen LogP contribution >= 0.6 is 22.9 Å². The molecule has 0 aliphatic rings. The largest absolute Gasteiger partial charge is 0.334 e. The van der Waals surface area contributed by atoms with Crippen molar-refractivity contribution in [1.82, 2.24) is 10.3 Å². The van der Waals surface area contributed by atoms with Gasteiger partial charge in [-0.3, -0.25) is 0 Å². The minimum atomic E-state index is -0.277. The van der Waals surface area contributed by atoms with Gasteiger partial charge in [-0.2, -0.15) is 0 Å². The molecule has 0 atom stereocenters. The second kappa shape index (κ2) is 7.26. The molecule has 4 nitrogen and oxygen atoms in total. The van der Waals surface area contributed by atoms with Crippen molar-refractivity contribution in [3.05, 3.63) is 70.7 Å². The monoisotopic (exact) mass is 343 g/mol. The van der Waals surface area contributed by atoms with Gasteiger partial charge < -0.3 is 10.6 Å². The molecule has 0 fully saturated rings. The molecule has 23 heavy (non-hydrogen) atoms. The minimum Gasteiger partial charge on any atom is -0.334 e. The fraction of sp³-hybridized carbons (Fsp3) is 0.0588. The molecule has 116 valence electrons. The summed E-state index contributed by atoms with van der Waals surface area (Å²) in [5.41, 5.74) is 2.71. The number of hydrogen-bond donors (Lipinski definition) is 2. The summed E-state index contributed by atoms with van der Waals surface area (Å²) < 4.78 is 0. The van der Waals surface area contributed by atoms with Crippen LogP contribution in [0.2, 0.25) is 5.02 Å². The molecule has 1 aromatic heterocycles. The molecule has 0 bridgehead atoms. The van der Waals surface area contributed by atoms with E-state index in [1.165, 1.54) is 0 Å². The van der Waals surface area contributed by atoms with Gasteiger partial charge in [0, 0.05) is 34.4 Å². The SMILES string of the molecule is O=C(NCc1ccccc1-c1nccs1)Nc1cccc(Cl)c1. The first kappa shape index (κ1) is 15.5. The van der Waals surface area contributed by atoms with E-state index in [0.717, 1.165) is 16.1 Å². The number of hydrogen-bond acceptors (Lipinski definition) is 3. The van der Waals surface area contributed by atoms with Gasteiger partial charge in [-0.1, -0.05) is 41.9 Å². The normalized spacial score (nSPS) is 10.3. The summed E-state index contributed by atoms with van der Waals surface area (Å²) in [4.78, 5) is 16.3. The maximum atomic E-state index is 12.0. The van der Waals surface area contributed by atoms with Gasteiger partial charge in [0.15, 0.2) is 0 Å². The molecule has 6 heteroatoms. The Morgan fingerprint density at radius 2 is 2.04 bits per heavy atom. The number of halogens is 1. The van der Waals surface area contributed by atoms with Crippen LogP contribution in [-0.2, 0) is 6.54 Å². The van der Waals surface area contributed by atoms with Gasteiger partial charge in [-0.05, 0) is 23.8 Å². The lowest BCUT2D eigenvalue weighted by Gasteiger charge is -2.10. The fourth-order valence-corrected chi connectivity index (χ4v) is 3.05. The molecule has 3 aromatic rings. The van der Waals surface area contributed by atoms with Crippen LogP contribution in [0.5, 0.6) is 0 Å². The predicted octanol–water partition coefficient (Wildman–Crippen LogP) is 4.79. The summed E-state index contributed by atoms with van der Waals surface area (Å²) in [5, 5.41) is 9.07. The van der Waals surface area contributed by atoms with Crippen LogP contribution in [0.4, 0.5) is 10.5 Å². The summed E-state index contributed by atoms with van der Waals surface area (Å²) in [5.74, 6) is 0. The first-order chi connectivity index (χ1) is 11.2. The number of aromatic nitrogens is 1. The maximum absolute atomic E-state index is 12.0. The highest BCUT2D eigenvalue weighted by molar-refractivity contribution is 7.13. The molecular formula is C17H14ClN3OS. The average molecular weight is 344 g/mol. The van der Waals surface area contributed by atoms with Crippen LogP contribution < -0.4 is 10.6 Å². The molecule has 0 radical (unpaired) electrons. The van der Waals surface area contributed by atoms with Crippen LogP contribution in [0.15, 0.2) is 60.1 Å². The van der Waals surface area contributed by atoms with E-state index >= 15 is 0 Å². The molecule has 1 heterocycles. The smallest absolute Gasteiger partial charge is 0.319 e. The van der Waals surface area contributed by atoms with E-state index in [0.29, 0.717) is 17.3 Å². The van der Waals surface area contributed by atoms with E-state index in [9.17, 15) is 4.79 Å². The number of nitrogens with one attached hydrogen (secondary N) is 2. The molecule has 2 N–H and O–H groups in total. The number of nitrogens with zero attached hydrogens (tertiary/aromatic N) is 1. The van der Waals surface area contributed by atoms with Crippen LogP contribution in [0.3, 0.4) is 0 Å². The van der Waals surface area contributed by atoms with Gasteiger partial charge in [0.1, 0.15) is 5.01 Å². The van der Waals surface area contributed by atoms with Gasteiger partial charge in [0.05, 0.1) is 0 Å². The number of thiazole rings is 1. The van der Waals surface area contributed by atoms with E-state index < -0.39 is 0 Å². The lowest BCUT2D eigenvalue weighted by Crippen LogP contribution is -2.28. The molecule has 0 aliphatic heterocycles. The number of urea groups is 1. The Kier molecular flexibility index (Phi) is 4.90. The Bertz CT molecular complexity index is 805. The van der Waals surface area contributed by atoms with Crippen molar-refractivity contribution in [1.29, 1.82) is 0 Å². The quantitative estimate of drug-likeness (QED) is 0.716. The van der Waals surface area contributed by atoms with E-state index in [1.54, 1.807) is 41.8 Å². The second-order valence-corrected chi connectivity index (χ2v) is 6.14. The Balaban J connectivity index is 1.66. The molecule has 2 aromatic carbocycles. The highest BCUT2D eigenvalue weighted by atomic mass is 35.5. The Morgan fingerprint density at radius 3 is 2.83 bits per heavy atom. The van der Waals surface area contributed by atoms with Gasteiger partial charge in [-0.25, -0.2) is 9.78 Å². The molecule has 0 unspecified atom stereocenters. The number of carbonyl (C=O) groups excluding carboxylic acids is 1. The summed E-state index contributed by atoms with van der Waals surface area (Å²) in [6.07, 6.45) is 1.77. The van der Waals surface area contributed by atoms with Gasteiger partial charge in [0.2, 0.25) is 0 Å². The van der Waals surface area contributed by atoms with E-state index in [-0.39, 0.29) is 6.03 Å². The Morgan fingerprint density at radius 1 is 1.17 bits per heavy atom. The zero-order valence-corrected chi connectivity index (χ0v) is 13.7. The van der Waals surface area contributed by atoms with E-state index in [1.807, 2.05) is 29.6 Å². The highest BCUT2D eigenvalue weighted by Crippen LogP contribution is 2.25. The molecule has 2 amide bonds. The third kappa shape index (κ3) is 4.09. The summed E-state index contributed by atoms with van der Waals surface area (Å²) >= 11 is 7.48. The topological polar surface area (TPSA) is 54.0 Å². The molecule has 3 rings (SSSR count). The number of anilines is 1. The first-order valence-electron chi connectivity index (χ1n) is 7.00. The summed E-state index contributed by atoms with van der Waals surface area (Å²) in [6.45, 7) is 0.419. The third-order valence-corrected chi connectivity index (χ3v) is 4.24. The zero-order chi connectivity index (χ0) is 16.1. The third-order valence-electron chi connectivity index (χ3n) is 3.20. The lowest BCUT2D eigenvalue weighted by molar-refractivity contribution is 0.252. The molecular weight excluding hydrogens is 330 g/mol. The molecule has 0 aliphatic carbocycles. The van der Waals surface area contributed by atoms with Crippen molar-refractivity contribution >= 4 is 34.7 Å². The first-order valence-corrected chi connectivity index (χ1v) is 8.26. The van der Waals surface area contributed by atoms with Crippen molar-refractivity contribution in [2.45, 2.75) is 6.54 Å². The summed E-state index contributed by atoms with van der Waals surface area (Å²) in [7, 11) is 0. The highest BCUT2D eigenvalue weighted by Gasteiger charge is 2.08. The number of rotatable bonds is 4. The van der Waals surface area contributed by atoms with Gasteiger partial charge in [-0.15, -0.1) is 11.3 Å². The second-order valence-electron chi connectivity index (χ2n) is 4.81. The van der Waals surface area contributed by atoms with Crippen molar-refractivity contribution < 1.29 is 4.79 Å². The fourth-order valence-electron chi connectivity index (χ4n) is 2.16. The van der Waals surface area contributed by atoms with Gasteiger partial charge >= 0.3 is 6.03 Å². The van der Waals surface area contributed by atoms with Crippen LogP contribution in [0.25, 0.3) is 10.6 Å².